The van der Waals surface area contributed by atoms with E-state index in [0.29, 0.717) is 12.4 Å². The molecule has 0 aliphatic rings. The number of nitrogens with one attached hydrogen (secondary N) is 2. The fraction of sp³-hybridized carbons (Fsp3) is 0.200. The topological polar surface area (TPSA) is 63.2 Å². The monoisotopic (exact) mass is 271 g/mol. The highest BCUT2D eigenvalue weighted by Crippen LogP contribution is 2.12. The maximum atomic E-state index is 11.8. The van der Waals surface area contributed by atoms with Gasteiger partial charge in [0.05, 0.1) is 7.11 Å². The van der Waals surface area contributed by atoms with Crippen molar-refractivity contribution in [3.63, 3.8) is 0 Å². The molecule has 0 fully saturated rings. The van der Waals surface area contributed by atoms with Gasteiger partial charge in [-0.1, -0.05) is 18.2 Å². The van der Waals surface area contributed by atoms with Gasteiger partial charge in [0.2, 0.25) is 0 Å². The van der Waals surface area contributed by atoms with Gasteiger partial charge in [-0.05, 0) is 36.2 Å². The summed E-state index contributed by atoms with van der Waals surface area (Å²) in [6.45, 7) is 2.32. The summed E-state index contributed by atoms with van der Waals surface area (Å²) in [4.78, 5) is 15.9. The first kappa shape index (κ1) is 13.9. The van der Waals surface area contributed by atoms with E-state index in [1.165, 1.54) is 0 Å². The predicted octanol–water partition coefficient (Wildman–Crippen LogP) is 2.72. The third-order valence-corrected chi connectivity index (χ3v) is 2.83. The summed E-state index contributed by atoms with van der Waals surface area (Å²) in [7, 11) is 1.61. The first-order valence-corrected chi connectivity index (χ1v) is 6.28. The van der Waals surface area contributed by atoms with Crippen LogP contribution in [0.1, 0.15) is 11.1 Å². The van der Waals surface area contributed by atoms with E-state index >= 15 is 0 Å². The molecule has 2 rings (SSSR count). The molecule has 2 amide bonds. The molecule has 0 aliphatic carbocycles. The van der Waals surface area contributed by atoms with Crippen LogP contribution >= 0.6 is 0 Å². The van der Waals surface area contributed by atoms with E-state index in [1.807, 2.05) is 43.3 Å². The summed E-state index contributed by atoms with van der Waals surface area (Å²) in [5, 5.41) is 5.50. The van der Waals surface area contributed by atoms with Crippen LogP contribution in [0.15, 0.2) is 42.6 Å². The van der Waals surface area contributed by atoms with Gasteiger partial charge < -0.3 is 10.1 Å². The predicted molar refractivity (Wildman–Crippen MR) is 77.8 cm³/mol. The SMILES string of the molecule is COc1cccc(CNC(=O)Nc2ncccc2C)c1. The highest BCUT2D eigenvalue weighted by molar-refractivity contribution is 5.88. The fourth-order valence-corrected chi connectivity index (χ4v) is 1.73. The molecule has 5 heteroatoms. The Morgan fingerprint density at radius 1 is 1.30 bits per heavy atom. The lowest BCUT2D eigenvalue weighted by Gasteiger charge is -2.09. The van der Waals surface area contributed by atoms with Crippen LogP contribution in [-0.4, -0.2) is 18.1 Å². The number of nitrogens with zero attached hydrogens (tertiary/aromatic N) is 1. The van der Waals surface area contributed by atoms with Gasteiger partial charge in [-0.25, -0.2) is 9.78 Å². The third kappa shape index (κ3) is 3.71. The maximum Gasteiger partial charge on any atom is 0.320 e. The van der Waals surface area contributed by atoms with E-state index in [9.17, 15) is 4.79 Å². The van der Waals surface area contributed by atoms with Crippen LogP contribution in [0.3, 0.4) is 0 Å². The van der Waals surface area contributed by atoms with Gasteiger partial charge in [-0.15, -0.1) is 0 Å². The van der Waals surface area contributed by atoms with Crippen molar-refractivity contribution >= 4 is 11.8 Å². The number of benzene rings is 1. The molecule has 2 aromatic rings. The van der Waals surface area contributed by atoms with Crippen LogP contribution in [0.2, 0.25) is 0 Å². The zero-order valence-electron chi connectivity index (χ0n) is 11.5. The van der Waals surface area contributed by atoms with Crippen molar-refractivity contribution in [2.24, 2.45) is 0 Å². The van der Waals surface area contributed by atoms with Gasteiger partial charge in [-0.2, -0.15) is 0 Å². The second-order valence-electron chi connectivity index (χ2n) is 4.33. The van der Waals surface area contributed by atoms with Crippen molar-refractivity contribution < 1.29 is 9.53 Å². The Kier molecular flexibility index (Phi) is 4.55. The summed E-state index contributed by atoms with van der Waals surface area (Å²) < 4.78 is 5.13. The second-order valence-corrected chi connectivity index (χ2v) is 4.33. The molecule has 0 saturated carbocycles. The van der Waals surface area contributed by atoms with Crippen LogP contribution in [0.4, 0.5) is 10.6 Å². The Labute approximate surface area is 118 Å². The lowest BCUT2D eigenvalue weighted by atomic mass is 10.2. The fourth-order valence-electron chi connectivity index (χ4n) is 1.73. The molecule has 1 heterocycles. The van der Waals surface area contributed by atoms with E-state index < -0.39 is 0 Å². The van der Waals surface area contributed by atoms with E-state index in [1.54, 1.807) is 13.3 Å². The molecule has 0 unspecified atom stereocenters. The van der Waals surface area contributed by atoms with Crippen molar-refractivity contribution in [2.45, 2.75) is 13.5 Å². The average Bonchev–Trinajstić information content (AvgIpc) is 2.48. The van der Waals surface area contributed by atoms with Gasteiger partial charge in [0.25, 0.3) is 0 Å². The summed E-state index contributed by atoms with van der Waals surface area (Å²) >= 11 is 0. The number of hydrogen-bond acceptors (Lipinski definition) is 3. The molecule has 1 aromatic carbocycles. The van der Waals surface area contributed by atoms with Crippen LogP contribution in [0, 0.1) is 6.92 Å². The first-order chi connectivity index (χ1) is 9.69. The molecule has 20 heavy (non-hydrogen) atoms. The van der Waals surface area contributed by atoms with E-state index in [-0.39, 0.29) is 6.03 Å². The molecule has 0 spiro atoms. The summed E-state index contributed by atoms with van der Waals surface area (Å²) in [5.74, 6) is 1.33. The minimum Gasteiger partial charge on any atom is -0.497 e. The highest BCUT2D eigenvalue weighted by Gasteiger charge is 2.05. The number of methoxy groups -OCH3 is 1. The maximum absolute atomic E-state index is 11.8. The molecule has 0 saturated heterocycles. The van der Waals surface area contributed by atoms with Crippen LogP contribution in [0.25, 0.3) is 0 Å². The molecule has 0 aliphatic heterocycles. The zero-order valence-corrected chi connectivity index (χ0v) is 11.5. The molecular weight excluding hydrogens is 254 g/mol. The van der Waals surface area contributed by atoms with Crippen LogP contribution < -0.4 is 15.4 Å². The Hall–Kier alpha value is -2.56. The van der Waals surface area contributed by atoms with Crippen molar-refractivity contribution in [1.29, 1.82) is 0 Å². The molecule has 104 valence electrons. The minimum absolute atomic E-state index is 0.283. The standard InChI is InChI=1S/C15H17N3O2/c1-11-5-4-8-16-14(11)18-15(19)17-10-12-6-3-7-13(9-12)20-2/h3-9H,10H2,1-2H3,(H2,16,17,18,19). The number of pyridine rings is 1. The Bertz CT molecular complexity index is 599. The smallest absolute Gasteiger partial charge is 0.320 e. The van der Waals surface area contributed by atoms with Crippen molar-refractivity contribution in [2.75, 3.05) is 12.4 Å². The van der Waals surface area contributed by atoms with Gasteiger partial charge in [-0.3, -0.25) is 5.32 Å². The molecule has 0 atom stereocenters. The highest BCUT2D eigenvalue weighted by atomic mass is 16.5. The average molecular weight is 271 g/mol. The van der Waals surface area contributed by atoms with Gasteiger partial charge in [0.1, 0.15) is 11.6 Å². The first-order valence-electron chi connectivity index (χ1n) is 6.28. The Balaban J connectivity index is 1.90. The van der Waals surface area contributed by atoms with Crippen LogP contribution in [0.5, 0.6) is 5.75 Å². The van der Waals surface area contributed by atoms with E-state index in [0.717, 1.165) is 16.9 Å². The lowest BCUT2D eigenvalue weighted by molar-refractivity contribution is 0.251. The number of rotatable bonds is 4. The van der Waals surface area contributed by atoms with Crippen molar-refractivity contribution in [3.05, 3.63) is 53.7 Å². The molecule has 2 N–H and O–H groups in total. The summed E-state index contributed by atoms with van der Waals surface area (Å²) in [6, 6.07) is 11.0. The number of carbonyl (C=O) groups is 1. The third-order valence-electron chi connectivity index (χ3n) is 2.83. The lowest BCUT2D eigenvalue weighted by Crippen LogP contribution is -2.28. The number of amides is 2. The normalized spacial score (nSPS) is 9.90. The molecule has 0 radical (unpaired) electrons. The van der Waals surface area contributed by atoms with Gasteiger partial charge in [0, 0.05) is 12.7 Å². The van der Waals surface area contributed by atoms with Gasteiger partial charge in [0.15, 0.2) is 0 Å². The summed E-state index contributed by atoms with van der Waals surface area (Å²) in [5.41, 5.74) is 1.89. The van der Waals surface area contributed by atoms with E-state index in [2.05, 4.69) is 15.6 Å². The Morgan fingerprint density at radius 3 is 2.90 bits per heavy atom. The number of ether oxygens (including phenoxy) is 1. The van der Waals surface area contributed by atoms with Crippen molar-refractivity contribution in [1.82, 2.24) is 10.3 Å². The number of carbonyl (C=O) groups excluding carboxylic acids is 1. The number of aromatic nitrogens is 1. The molecule has 1 aromatic heterocycles. The van der Waals surface area contributed by atoms with Crippen molar-refractivity contribution in [3.8, 4) is 5.75 Å². The molecular formula is C15H17N3O2. The number of urea groups is 1. The molecule has 0 bridgehead atoms. The Morgan fingerprint density at radius 2 is 2.15 bits per heavy atom. The second kappa shape index (κ2) is 6.56. The summed E-state index contributed by atoms with van der Waals surface area (Å²) in [6.07, 6.45) is 1.64. The zero-order chi connectivity index (χ0) is 14.4. The quantitative estimate of drug-likeness (QED) is 0.898. The number of hydrogen-bond donors (Lipinski definition) is 2. The minimum atomic E-state index is -0.283. The number of aryl methyl sites for hydroxylation is 1. The van der Waals surface area contributed by atoms with E-state index in [4.69, 9.17) is 4.74 Å². The molecule has 5 nitrogen and oxygen atoms in total. The van der Waals surface area contributed by atoms with Crippen LogP contribution in [-0.2, 0) is 6.54 Å². The largest absolute Gasteiger partial charge is 0.497 e. The number of anilines is 1. The van der Waals surface area contributed by atoms with Gasteiger partial charge >= 0.3 is 6.03 Å².